The van der Waals surface area contributed by atoms with Gasteiger partial charge in [0.15, 0.2) is 18.8 Å². The number of aliphatic hydroxyl groups excluding tert-OH is 9. The first-order valence-electron chi connectivity index (χ1n) is 14.2. The summed E-state index contributed by atoms with van der Waals surface area (Å²) in [4.78, 5) is 36.1. The van der Waals surface area contributed by atoms with E-state index in [1.165, 1.54) is 0 Å². The largest absolute Gasteiger partial charge is 0.477 e. The zero-order valence-electron chi connectivity index (χ0n) is 24.6. The second-order valence-corrected chi connectivity index (χ2v) is 11.2. The number of amides is 2. The molecule has 3 aliphatic rings. The van der Waals surface area contributed by atoms with E-state index in [0.717, 1.165) is 13.8 Å². The molecule has 12 N–H and O–H groups in total. The van der Waals surface area contributed by atoms with E-state index in [4.69, 9.17) is 23.7 Å². The minimum Gasteiger partial charge on any atom is -0.477 e. The zero-order chi connectivity index (χ0) is 34.7. The fourth-order valence-electron chi connectivity index (χ4n) is 5.53. The number of aliphatic carboxylic acids is 1. The van der Waals surface area contributed by atoms with Crippen LogP contribution < -0.4 is 10.6 Å². The highest BCUT2D eigenvalue weighted by Gasteiger charge is 2.60. The number of carbonyl (C=O) groups excluding carboxylic acids is 2. The zero-order valence-corrected chi connectivity index (χ0v) is 24.6. The van der Waals surface area contributed by atoms with Crippen molar-refractivity contribution in [3.05, 3.63) is 0 Å². The van der Waals surface area contributed by atoms with Gasteiger partial charge in [-0.15, -0.1) is 0 Å². The molecular formula is C25H41FN2O18. The molecule has 0 radical (unpaired) electrons. The average molecular weight is 677 g/mol. The highest BCUT2D eigenvalue weighted by Crippen LogP contribution is 2.39. The molecule has 3 heterocycles. The van der Waals surface area contributed by atoms with Gasteiger partial charge in [0.2, 0.25) is 11.8 Å². The fourth-order valence-corrected chi connectivity index (χ4v) is 5.53. The number of carbonyl (C=O) groups is 3. The molecule has 0 aromatic rings. The van der Waals surface area contributed by atoms with Gasteiger partial charge < -0.3 is 85.4 Å². The van der Waals surface area contributed by atoms with E-state index in [1.807, 2.05) is 0 Å². The fraction of sp³-hybridized carbons (Fsp3) is 0.880. The van der Waals surface area contributed by atoms with Crippen LogP contribution in [0, 0.1) is 0 Å². The second-order valence-electron chi connectivity index (χ2n) is 11.2. The van der Waals surface area contributed by atoms with E-state index in [2.05, 4.69) is 10.6 Å². The van der Waals surface area contributed by atoms with Crippen LogP contribution in [0.3, 0.4) is 0 Å². The number of alkyl halides is 1. The van der Waals surface area contributed by atoms with Crippen LogP contribution in [0.25, 0.3) is 0 Å². The summed E-state index contributed by atoms with van der Waals surface area (Å²) in [5.41, 5.74) is 0. The molecule has 266 valence electrons. The lowest BCUT2D eigenvalue weighted by molar-refractivity contribution is -0.373. The van der Waals surface area contributed by atoms with Crippen molar-refractivity contribution in [3.8, 4) is 0 Å². The number of nitrogens with one attached hydrogen (secondary N) is 2. The van der Waals surface area contributed by atoms with E-state index in [0.29, 0.717) is 0 Å². The third-order valence-electron chi connectivity index (χ3n) is 7.83. The van der Waals surface area contributed by atoms with Crippen LogP contribution in [0.5, 0.6) is 0 Å². The van der Waals surface area contributed by atoms with Gasteiger partial charge in [0.05, 0.1) is 32.0 Å². The molecule has 46 heavy (non-hydrogen) atoms. The Morgan fingerprint density at radius 3 is 1.98 bits per heavy atom. The van der Waals surface area contributed by atoms with Gasteiger partial charge in [0.25, 0.3) is 5.79 Å². The molecule has 3 aliphatic heterocycles. The molecule has 3 rings (SSSR count). The lowest BCUT2D eigenvalue weighted by Gasteiger charge is -2.50. The molecule has 0 aliphatic carbocycles. The summed E-state index contributed by atoms with van der Waals surface area (Å²) in [5, 5.41) is 107. The SMILES string of the molecule is CC(=O)N[C@H]1[C@H]([C@H](O)[C@H](O)CO)O[C@@](O[C@H]2[C@@H](O)[C@@H](CO)O[C@@H](O[C@H]3[C@H](O)[C@@H](CO)OC(O)[C@@H]3NC(C)=O)[C@@H]2F)(C(=O)O)C[C@@H]1O. The number of halogens is 1. The molecular weight excluding hydrogens is 635 g/mol. The summed E-state index contributed by atoms with van der Waals surface area (Å²) >= 11 is 0. The Balaban J connectivity index is 1.98. The van der Waals surface area contributed by atoms with Gasteiger partial charge in [0, 0.05) is 20.3 Å². The first-order valence-corrected chi connectivity index (χ1v) is 14.2. The Kier molecular flexibility index (Phi) is 13.1. The van der Waals surface area contributed by atoms with Gasteiger partial charge in [0.1, 0.15) is 61.0 Å². The van der Waals surface area contributed by atoms with Crippen molar-refractivity contribution in [2.75, 3.05) is 19.8 Å². The molecule has 3 fully saturated rings. The summed E-state index contributed by atoms with van der Waals surface area (Å²) in [6.45, 7) is -0.925. The summed E-state index contributed by atoms with van der Waals surface area (Å²) in [6, 6.07) is -3.17. The third kappa shape index (κ3) is 8.07. The summed E-state index contributed by atoms with van der Waals surface area (Å²) in [7, 11) is 0. The summed E-state index contributed by atoms with van der Waals surface area (Å²) in [6.07, 6.45) is -27.4. The maximum atomic E-state index is 16.2. The predicted octanol–water partition coefficient (Wildman–Crippen LogP) is -7.10. The summed E-state index contributed by atoms with van der Waals surface area (Å²) < 4.78 is 43.0. The minimum atomic E-state index is -3.12. The predicted molar refractivity (Wildman–Crippen MR) is 141 cm³/mol. The van der Waals surface area contributed by atoms with E-state index < -0.39 is 142 Å². The molecule has 21 heteroatoms. The third-order valence-corrected chi connectivity index (χ3v) is 7.83. The van der Waals surface area contributed by atoms with Gasteiger partial charge in [-0.05, 0) is 0 Å². The molecule has 0 saturated carbocycles. The van der Waals surface area contributed by atoms with Crippen LogP contribution in [0.4, 0.5) is 4.39 Å². The smallest absolute Gasteiger partial charge is 0.364 e. The van der Waals surface area contributed by atoms with E-state index in [9.17, 15) is 65.4 Å². The van der Waals surface area contributed by atoms with Crippen LogP contribution in [0.15, 0.2) is 0 Å². The van der Waals surface area contributed by atoms with Gasteiger partial charge in [-0.3, -0.25) is 9.59 Å². The number of hydrogen-bond acceptors (Lipinski definition) is 17. The van der Waals surface area contributed by atoms with Crippen molar-refractivity contribution in [2.24, 2.45) is 0 Å². The van der Waals surface area contributed by atoms with Gasteiger partial charge in [-0.1, -0.05) is 0 Å². The second kappa shape index (κ2) is 15.8. The number of carboxylic acid groups (broad SMARTS) is 1. The maximum absolute atomic E-state index is 16.2. The first-order chi connectivity index (χ1) is 21.5. The molecule has 2 amide bonds. The topological polar surface area (TPSA) is 324 Å². The Labute approximate surface area is 260 Å². The van der Waals surface area contributed by atoms with E-state index >= 15 is 4.39 Å². The van der Waals surface area contributed by atoms with E-state index in [-0.39, 0.29) is 0 Å². The highest BCUT2D eigenvalue weighted by molar-refractivity contribution is 5.76. The van der Waals surface area contributed by atoms with Crippen molar-refractivity contribution >= 4 is 17.8 Å². The first kappa shape index (κ1) is 38.2. The standard InChI is InChI=1S/C25H41FN2O18/c1-7(32)27-14-9(34)3-25(24(40)41,46-21(14)16(36)10(35)4-29)45-19-13(26)23(43-12(6-31)17(19)37)44-20-15(28-8(2)33)22(39)42-11(5-30)18(20)38/h9-23,29-31,34-39H,3-6H2,1-2H3,(H,27,32)(H,28,33)(H,40,41)/t9-,10+,11+,12+,13+,14+,15+,16+,17-,18+,19+,20+,21+,22?,23-,25+/m0/s1. The monoisotopic (exact) mass is 676 g/mol. The van der Waals surface area contributed by atoms with Crippen molar-refractivity contribution in [1.29, 1.82) is 0 Å². The Hall–Kier alpha value is -2.22. The molecule has 16 atom stereocenters. The van der Waals surface area contributed by atoms with Crippen LogP contribution in [-0.2, 0) is 38.1 Å². The van der Waals surface area contributed by atoms with Crippen molar-refractivity contribution in [3.63, 3.8) is 0 Å². The summed E-state index contributed by atoms with van der Waals surface area (Å²) in [5.74, 6) is -6.68. The number of hydrogen-bond donors (Lipinski definition) is 12. The van der Waals surface area contributed by atoms with Crippen LogP contribution in [-0.4, -0.2) is 186 Å². The Morgan fingerprint density at radius 2 is 1.46 bits per heavy atom. The van der Waals surface area contributed by atoms with Gasteiger partial charge in [-0.2, -0.15) is 0 Å². The molecule has 0 bridgehead atoms. The molecule has 1 unspecified atom stereocenters. The molecule has 0 aromatic carbocycles. The Morgan fingerprint density at radius 1 is 0.913 bits per heavy atom. The number of ether oxygens (including phenoxy) is 5. The van der Waals surface area contributed by atoms with Gasteiger partial charge in [-0.25, -0.2) is 9.18 Å². The van der Waals surface area contributed by atoms with Crippen LogP contribution in [0.2, 0.25) is 0 Å². The van der Waals surface area contributed by atoms with Crippen molar-refractivity contribution < 1.29 is 93.5 Å². The van der Waals surface area contributed by atoms with Crippen LogP contribution >= 0.6 is 0 Å². The molecule has 3 saturated heterocycles. The number of rotatable bonds is 12. The lowest BCUT2D eigenvalue weighted by atomic mass is 9.88. The molecule has 20 nitrogen and oxygen atoms in total. The lowest BCUT2D eigenvalue weighted by Crippen LogP contribution is -2.70. The highest BCUT2D eigenvalue weighted by atomic mass is 19.1. The van der Waals surface area contributed by atoms with Crippen molar-refractivity contribution in [2.45, 2.75) is 118 Å². The van der Waals surface area contributed by atoms with E-state index in [1.54, 1.807) is 0 Å². The Bertz CT molecular complexity index is 1060. The molecule has 0 spiro atoms. The molecule has 0 aromatic heterocycles. The quantitative estimate of drug-likeness (QED) is 0.0913. The normalized spacial score (nSPS) is 42.9. The number of aliphatic hydroxyl groups is 9. The average Bonchev–Trinajstić information content (AvgIpc) is 2.99. The maximum Gasteiger partial charge on any atom is 0.364 e. The van der Waals surface area contributed by atoms with Crippen LogP contribution in [0.1, 0.15) is 20.3 Å². The number of carboxylic acids is 1. The van der Waals surface area contributed by atoms with Gasteiger partial charge >= 0.3 is 5.97 Å². The van der Waals surface area contributed by atoms with Crippen molar-refractivity contribution in [1.82, 2.24) is 10.6 Å². The minimum absolute atomic E-state index is 0.751.